The van der Waals surface area contributed by atoms with E-state index in [0.717, 1.165) is 45.6 Å². The summed E-state index contributed by atoms with van der Waals surface area (Å²) in [7, 11) is 3.38. The number of para-hydroxylation sites is 1. The van der Waals surface area contributed by atoms with E-state index in [1.165, 1.54) is 68.6 Å². The number of thioether (sulfide) groups is 1. The maximum atomic E-state index is 15.7. The Balaban J connectivity index is 1.15. The SMILES string of the molecule is CCCC[C@H]1C(=O)N2C[C@H](O)C[C@@H]2C(=O)N[C@@H](CC(=O)O)C(=O)N[C@@H](C(C)C)C(=O)N(C)[C@@H](Cc2ccccc2)C(=O)N[C@@H](CCC(=O)O)C(=O)N2C[C@H](O)C[C@@H]2C(=O)N[C@@H](Cc2c[nH]c3ccccc23)C(=O)N[C@@H](Cc2ccc(O)cc2)C(=O)N[C@@H](CCC(=O)O)C(=O)N[C@H](C(=O)NCC(N)=O)CSCC(=O)N[C@@H](Cc2cc(F)c(F)c(F)c2)C(=O)N(C)[C@@H](Cc2ccc(O)cc2)C(=O)N1C. The Hall–Kier alpha value is -14.2. The van der Waals surface area contributed by atoms with Crippen molar-refractivity contribution in [1.82, 2.24) is 77.3 Å². The number of phenolic OH excluding ortho intramolecular Hbond substituents is 2. The van der Waals surface area contributed by atoms with Crippen molar-refractivity contribution in [3.63, 3.8) is 0 Å². The minimum absolute atomic E-state index is 0.163. The lowest BCUT2D eigenvalue weighted by atomic mass is 9.98. The van der Waals surface area contributed by atoms with Crippen LogP contribution in [-0.4, -0.2) is 315 Å². The van der Waals surface area contributed by atoms with Crippen LogP contribution in [0.5, 0.6) is 11.5 Å². The first-order valence-electron chi connectivity index (χ1n) is 44.2. The fourth-order valence-corrected chi connectivity index (χ4v) is 17.2. The number of fused-ring (bicyclic) bond motifs is 3. The Kier molecular flexibility index (Phi) is 38.3. The highest BCUT2D eigenvalue weighted by atomic mass is 32.2. The molecule has 0 spiro atoms. The third kappa shape index (κ3) is 29.6. The molecule has 137 heavy (non-hydrogen) atoms. The van der Waals surface area contributed by atoms with Crippen molar-refractivity contribution in [3.05, 3.63) is 167 Å². The van der Waals surface area contributed by atoms with Crippen molar-refractivity contribution >= 4 is 129 Å². The quantitative estimate of drug-likeness (QED) is 0.0312. The molecule has 6 aromatic rings. The average Bonchev–Trinajstić information content (AvgIpc) is 1.48. The molecule has 3 aliphatic rings. The number of amides is 15. The fraction of sp³-hybridized carbons (Fsp3) is 0.457. The number of carboxylic acids is 3. The molecule has 19 N–H and O–H groups in total. The lowest BCUT2D eigenvalue weighted by Gasteiger charge is -2.38. The van der Waals surface area contributed by atoms with Crippen molar-refractivity contribution < 1.29 is 135 Å². The molecule has 3 aliphatic heterocycles. The molecule has 15 amide bonds. The lowest BCUT2D eigenvalue weighted by Crippen LogP contribution is -2.62. The summed E-state index contributed by atoms with van der Waals surface area (Å²) in [4.78, 5) is 269. The van der Waals surface area contributed by atoms with Gasteiger partial charge in [0.05, 0.1) is 30.9 Å². The summed E-state index contributed by atoms with van der Waals surface area (Å²) in [6, 6.07) is 1.94. The molecule has 9 rings (SSSR count). The summed E-state index contributed by atoms with van der Waals surface area (Å²) in [5.41, 5.74) is 6.65. The molecule has 45 heteroatoms. The molecule has 3 fully saturated rings. The van der Waals surface area contributed by atoms with Gasteiger partial charge in [0.25, 0.3) is 0 Å². The van der Waals surface area contributed by atoms with Crippen LogP contribution in [0.3, 0.4) is 0 Å². The van der Waals surface area contributed by atoms with Gasteiger partial charge in [-0.05, 0) is 95.5 Å². The normalized spacial score (nSPS) is 24.2. The second-order valence-corrected chi connectivity index (χ2v) is 35.3. The number of nitrogens with one attached hydrogen (secondary N) is 10. The topological polar surface area (TPSA) is 615 Å². The minimum atomic E-state index is -2.11. The second kappa shape index (κ2) is 49.3. The highest BCUT2D eigenvalue weighted by molar-refractivity contribution is 8.00. The number of aliphatic hydroxyl groups excluding tert-OH is 2. The highest BCUT2D eigenvalue weighted by Crippen LogP contribution is 2.29. The molecule has 1 aromatic heterocycles. The number of carboxylic acid groups (broad SMARTS) is 3. The maximum Gasteiger partial charge on any atom is 0.305 e. The summed E-state index contributed by atoms with van der Waals surface area (Å²) >= 11 is 0.531. The van der Waals surface area contributed by atoms with Gasteiger partial charge in [0.1, 0.15) is 90.0 Å². The fourth-order valence-electron chi connectivity index (χ4n) is 16.3. The molecule has 0 aliphatic carbocycles. The summed E-state index contributed by atoms with van der Waals surface area (Å²) in [6.07, 6.45) is -9.52. The number of hydrogen-bond acceptors (Lipinski definition) is 23. The number of primary amides is 1. The third-order valence-electron chi connectivity index (χ3n) is 23.7. The van der Waals surface area contributed by atoms with Crippen molar-refractivity contribution in [2.24, 2.45) is 11.7 Å². The number of hydrogen-bond donors (Lipinski definition) is 18. The van der Waals surface area contributed by atoms with Crippen LogP contribution in [0.15, 0.2) is 121 Å². The predicted molar refractivity (Wildman–Crippen MR) is 483 cm³/mol. The van der Waals surface area contributed by atoms with Gasteiger partial charge in [0, 0.05) is 115 Å². The van der Waals surface area contributed by atoms with E-state index < -0.39 is 328 Å². The molecule has 4 heterocycles. The summed E-state index contributed by atoms with van der Waals surface area (Å²) in [5, 5.41) is 96.8. The molecule has 0 unspecified atom stereocenters. The molecule has 15 atom stereocenters. The van der Waals surface area contributed by atoms with E-state index in [0.29, 0.717) is 52.3 Å². The first-order valence-corrected chi connectivity index (χ1v) is 45.3. The number of likely N-dealkylation sites (N-methyl/N-ethyl adjacent to an activating group) is 3. The Labute approximate surface area is 788 Å². The van der Waals surface area contributed by atoms with E-state index in [9.17, 15) is 83.3 Å². The number of aromatic amines is 1. The Morgan fingerprint density at radius 2 is 0.971 bits per heavy atom. The van der Waals surface area contributed by atoms with Crippen LogP contribution >= 0.6 is 11.8 Å². The van der Waals surface area contributed by atoms with Crippen LogP contribution in [-0.2, 0) is 118 Å². The molecule has 41 nitrogen and oxygen atoms in total. The van der Waals surface area contributed by atoms with Crippen molar-refractivity contribution in [2.75, 3.05) is 52.3 Å². The summed E-state index contributed by atoms with van der Waals surface area (Å²) in [6.45, 7) is 2.47. The summed E-state index contributed by atoms with van der Waals surface area (Å²) in [5.74, 6) is -30.6. The lowest BCUT2D eigenvalue weighted by molar-refractivity contribution is -0.152. The molecule has 0 saturated carbocycles. The second-order valence-electron chi connectivity index (χ2n) is 34.3. The van der Waals surface area contributed by atoms with E-state index in [1.807, 2.05) is 0 Å². The molecular formula is C92H113F3N16O25S. The monoisotopic (exact) mass is 1930 g/mol. The van der Waals surface area contributed by atoms with Crippen molar-refractivity contribution in [1.29, 1.82) is 0 Å². The predicted octanol–water partition coefficient (Wildman–Crippen LogP) is -0.809. The van der Waals surface area contributed by atoms with Gasteiger partial charge in [-0.2, -0.15) is 0 Å². The van der Waals surface area contributed by atoms with Gasteiger partial charge in [-0.3, -0.25) is 86.3 Å². The number of carbonyl (C=O) groups excluding carboxylic acids is 15. The van der Waals surface area contributed by atoms with Gasteiger partial charge in [0.15, 0.2) is 17.5 Å². The van der Waals surface area contributed by atoms with Gasteiger partial charge in [-0.25, -0.2) is 13.2 Å². The number of aromatic nitrogens is 1. The number of nitrogens with two attached hydrogens (primary N) is 1. The number of rotatable bonds is 25. The zero-order valence-corrected chi connectivity index (χ0v) is 76.6. The van der Waals surface area contributed by atoms with E-state index >= 15 is 51.9 Å². The van der Waals surface area contributed by atoms with Crippen LogP contribution < -0.4 is 53.6 Å². The van der Waals surface area contributed by atoms with E-state index in [4.69, 9.17) is 5.73 Å². The van der Waals surface area contributed by atoms with Gasteiger partial charge in [0.2, 0.25) is 88.6 Å². The smallest absolute Gasteiger partial charge is 0.305 e. The van der Waals surface area contributed by atoms with Crippen molar-refractivity contribution in [3.8, 4) is 11.5 Å². The van der Waals surface area contributed by atoms with Crippen LogP contribution in [0, 0.1) is 23.4 Å². The van der Waals surface area contributed by atoms with E-state index in [1.54, 1.807) is 61.5 Å². The number of benzene rings is 5. The van der Waals surface area contributed by atoms with Gasteiger partial charge in [-0.15, -0.1) is 11.8 Å². The largest absolute Gasteiger partial charge is 0.508 e. The first-order chi connectivity index (χ1) is 64.9. The third-order valence-corrected chi connectivity index (χ3v) is 24.8. The molecule has 0 bridgehead atoms. The van der Waals surface area contributed by atoms with Crippen molar-refractivity contribution in [2.45, 2.75) is 208 Å². The Morgan fingerprint density at radius 1 is 0.489 bits per heavy atom. The highest BCUT2D eigenvalue weighted by Gasteiger charge is 2.49. The Bertz CT molecular complexity index is 5410. The summed E-state index contributed by atoms with van der Waals surface area (Å²) < 4.78 is 45.1. The molecule has 0 radical (unpaired) electrons. The Morgan fingerprint density at radius 3 is 1.54 bits per heavy atom. The number of nitrogens with zero attached hydrogens (tertiary/aromatic N) is 5. The zero-order chi connectivity index (χ0) is 101. The van der Waals surface area contributed by atoms with E-state index in [-0.39, 0.29) is 41.9 Å². The number of phenols is 2. The van der Waals surface area contributed by atoms with Crippen LogP contribution in [0.1, 0.15) is 113 Å². The number of H-pyrrole nitrogens is 1. The number of aliphatic hydroxyl groups is 2. The number of aliphatic carboxylic acids is 3. The maximum absolute atomic E-state index is 15.7. The van der Waals surface area contributed by atoms with Crippen LogP contribution in [0.2, 0.25) is 0 Å². The molecule has 738 valence electrons. The molecule has 5 aromatic carbocycles. The number of carbonyl (C=O) groups is 18. The van der Waals surface area contributed by atoms with Gasteiger partial charge in [-0.1, -0.05) is 106 Å². The zero-order valence-electron chi connectivity index (χ0n) is 75.8. The van der Waals surface area contributed by atoms with Crippen LogP contribution in [0.25, 0.3) is 10.9 Å². The number of unbranched alkanes of at least 4 members (excludes halogenated alkanes) is 1. The standard InChI is InChI=1S/C92H113F3N16O25S/c1-7-8-18-68-91(135)111-44-56(115)39-71(111)87(131)104-65(40-77(122)123)84(128)106-79(47(2)3)92(136)108(5)69(35-48-14-10-9-11-15-48)85(129)101-62(28-30-76(120)121)89(133)110-43-55(114)38-70(110)86(130)103-64(37-52-41-97-60-17-13-12-16-57(52)60)83(127)102-63(33-49-19-23-53(112)24-20-49)82(126)100-61(27-29-75(118)119)81(125)105-67(80(124)98-42-73(96)116)45-137-46-74(117)99-66(34-51-31-58(93)78(95)59(94)32-51)88(132)109(6)72(90(134)107(68)4)36-50-21-25-54(113)26-22-50/h9-17,19-26,31-32,41,47,55-56,61-72,79,97,112-115H,7-8,18,27-30,33-40,42-46H2,1-6H3,(H2,96,116)(H,98,124)(H,99,117)(H,100,126)(H,101,129)(H,102,127)(H,103,130)(H,104,131)(H,105,125)(H,106,128)(H,118,119)(H,120,121)(H,122,123)/t55-,56-,61+,62+,63+,64+,65+,66+,67+,68+,69+,70-,71-,72+,79+/m1/s1. The number of halogens is 3. The minimum Gasteiger partial charge on any atom is -0.508 e. The molecular weight excluding hydrogens is 1820 g/mol. The van der Waals surface area contributed by atoms with Gasteiger partial charge < -0.3 is 119 Å². The van der Waals surface area contributed by atoms with Crippen LogP contribution in [0.4, 0.5) is 13.2 Å². The average molecular weight is 1930 g/mol. The van der Waals surface area contributed by atoms with E-state index in [2.05, 4.69) is 52.8 Å². The van der Waals surface area contributed by atoms with Gasteiger partial charge >= 0.3 is 17.9 Å². The molecule has 3 saturated heterocycles. The number of aromatic hydroxyl groups is 2. The first kappa shape index (κ1) is 106.